The van der Waals surface area contributed by atoms with Gasteiger partial charge in [-0.1, -0.05) is 0 Å². The van der Waals surface area contributed by atoms with Crippen LogP contribution in [0.2, 0.25) is 19.1 Å². The predicted molar refractivity (Wildman–Crippen MR) is 73.3 cm³/mol. The van der Waals surface area contributed by atoms with Gasteiger partial charge in [-0.15, -0.1) is 0 Å². The van der Waals surface area contributed by atoms with Crippen molar-refractivity contribution < 1.29 is 26.4 Å². The van der Waals surface area contributed by atoms with E-state index >= 15 is 0 Å². The molecule has 0 radical (unpaired) electrons. The molecule has 1 aromatic rings. The molecular weight excluding hydrogens is 309 g/mol. The lowest BCUT2D eigenvalue weighted by Gasteiger charge is -2.22. The Kier molecular flexibility index (Phi) is 6.15. The standard InChI is InChI=1S/C13H18F5NOSi/c1-4-20-21(2,3)7-5-6-19-13-11(17)9(15)8(14)10(16)12(13)18/h19H,4-7H2,1-3H3. The molecule has 0 atom stereocenters. The molecule has 8 heteroatoms. The number of hydrogen-bond acceptors (Lipinski definition) is 2. The summed E-state index contributed by atoms with van der Waals surface area (Å²) < 4.78 is 71.2. The van der Waals surface area contributed by atoms with Gasteiger partial charge in [0.2, 0.25) is 5.82 Å². The van der Waals surface area contributed by atoms with Crippen molar-refractivity contribution in [3.8, 4) is 0 Å². The molecule has 0 aliphatic heterocycles. The highest BCUT2D eigenvalue weighted by Crippen LogP contribution is 2.27. The summed E-state index contributed by atoms with van der Waals surface area (Å²) in [5.41, 5.74) is -0.984. The molecular formula is C13H18F5NOSi. The molecule has 2 nitrogen and oxygen atoms in total. The minimum atomic E-state index is -2.15. The van der Waals surface area contributed by atoms with Gasteiger partial charge in [-0.25, -0.2) is 22.0 Å². The first kappa shape index (κ1) is 17.9. The maximum absolute atomic E-state index is 13.4. The van der Waals surface area contributed by atoms with Gasteiger partial charge in [0.1, 0.15) is 5.69 Å². The summed E-state index contributed by atoms with van der Waals surface area (Å²) in [5, 5.41) is 2.27. The van der Waals surface area contributed by atoms with Gasteiger partial charge in [0.25, 0.3) is 0 Å². The molecule has 0 aliphatic rings. The highest BCUT2D eigenvalue weighted by molar-refractivity contribution is 6.71. The molecule has 0 aliphatic carbocycles. The zero-order valence-electron chi connectivity index (χ0n) is 12.1. The molecule has 0 heterocycles. The van der Waals surface area contributed by atoms with Gasteiger partial charge in [0.15, 0.2) is 31.6 Å². The Hall–Kier alpha value is -1.15. The predicted octanol–water partition coefficient (Wildman–Crippen LogP) is 4.43. The minimum Gasteiger partial charge on any atom is -0.418 e. The van der Waals surface area contributed by atoms with Crippen LogP contribution in [0.1, 0.15) is 13.3 Å². The van der Waals surface area contributed by atoms with Crippen molar-refractivity contribution in [2.45, 2.75) is 32.5 Å². The lowest BCUT2D eigenvalue weighted by Crippen LogP contribution is -2.30. The van der Waals surface area contributed by atoms with Crippen LogP contribution in [-0.2, 0) is 4.43 Å². The zero-order chi connectivity index (χ0) is 16.2. The van der Waals surface area contributed by atoms with Gasteiger partial charge in [0.05, 0.1) is 0 Å². The average Bonchev–Trinajstić information content (AvgIpc) is 2.42. The van der Waals surface area contributed by atoms with E-state index < -0.39 is 43.1 Å². The van der Waals surface area contributed by atoms with Crippen LogP contribution in [0, 0.1) is 29.1 Å². The van der Waals surface area contributed by atoms with Crippen molar-refractivity contribution in [3.63, 3.8) is 0 Å². The fourth-order valence-electron chi connectivity index (χ4n) is 1.95. The summed E-state index contributed by atoms with van der Waals surface area (Å²) in [6.07, 6.45) is 0.513. The minimum absolute atomic E-state index is 0.0991. The Labute approximate surface area is 121 Å². The summed E-state index contributed by atoms with van der Waals surface area (Å²) in [7, 11) is -1.84. The smallest absolute Gasteiger partial charge is 0.200 e. The zero-order valence-corrected chi connectivity index (χ0v) is 13.1. The molecule has 1 aromatic carbocycles. The van der Waals surface area contributed by atoms with Gasteiger partial charge in [-0.05, 0) is 32.5 Å². The third kappa shape index (κ3) is 4.41. The lowest BCUT2D eigenvalue weighted by molar-refractivity contribution is 0.328. The second-order valence-corrected chi connectivity index (χ2v) is 9.48. The molecule has 21 heavy (non-hydrogen) atoms. The summed E-state index contributed by atoms with van der Waals surface area (Å²) in [6, 6.07) is 0.712. The van der Waals surface area contributed by atoms with Gasteiger partial charge < -0.3 is 9.74 Å². The van der Waals surface area contributed by atoms with Crippen molar-refractivity contribution in [2.24, 2.45) is 0 Å². The van der Waals surface area contributed by atoms with Crippen molar-refractivity contribution in [2.75, 3.05) is 18.5 Å². The Balaban J connectivity index is 2.69. The van der Waals surface area contributed by atoms with Crippen LogP contribution in [0.15, 0.2) is 0 Å². The maximum Gasteiger partial charge on any atom is 0.200 e. The van der Waals surface area contributed by atoms with Crippen LogP contribution in [0.4, 0.5) is 27.6 Å². The van der Waals surface area contributed by atoms with Gasteiger partial charge >= 0.3 is 0 Å². The van der Waals surface area contributed by atoms with E-state index in [-0.39, 0.29) is 6.54 Å². The van der Waals surface area contributed by atoms with Crippen molar-refractivity contribution in [1.29, 1.82) is 0 Å². The first-order chi connectivity index (χ1) is 9.71. The van der Waals surface area contributed by atoms with E-state index in [0.717, 1.165) is 0 Å². The first-order valence-corrected chi connectivity index (χ1v) is 9.72. The van der Waals surface area contributed by atoms with E-state index in [1.165, 1.54) is 0 Å². The molecule has 0 aromatic heterocycles. The molecule has 0 amide bonds. The van der Waals surface area contributed by atoms with Crippen LogP contribution < -0.4 is 5.32 Å². The Morgan fingerprint density at radius 3 is 1.86 bits per heavy atom. The fraction of sp³-hybridized carbons (Fsp3) is 0.538. The fourth-order valence-corrected chi connectivity index (χ4v) is 3.90. The van der Waals surface area contributed by atoms with E-state index in [9.17, 15) is 22.0 Å². The van der Waals surface area contributed by atoms with Gasteiger partial charge in [-0.2, -0.15) is 0 Å². The lowest BCUT2D eigenvalue weighted by atomic mass is 10.2. The van der Waals surface area contributed by atoms with Gasteiger partial charge in [0, 0.05) is 13.2 Å². The number of hydrogen-bond donors (Lipinski definition) is 1. The van der Waals surface area contributed by atoms with Crippen LogP contribution >= 0.6 is 0 Å². The van der Waals surface area contributed by atoms with Crippen LogP contribution in [-0.4, -0.2) is 21.5 Å². The summed E-state index contributed by atoms with van der Waals surface area (Å²) in [4.78, 5) is 0. The number of nitrogens with one attached hydrogen (secondary N) is 1. The topological polar surface area (TPSA) is 21.3 Å². The van der Waals surface area contributed by atoms with Gasteiger partial charge in [-0.3, -0.25) is 0 Å². The average molecular weight is 327 g/mol. The van der Waals surface area contributed by atoms with Crippen LogP contribution in [0.3, 0.4) is 0 Å². The highest BCUT2D eigenvalue weighted by atomic mass is 28.4. The molecule has 120 valence electrons. The third-order valence-electron chi connectivity index (χ3n) is 3.00. The first-order valence-electron chi connectivity index (χ1n) is 6.60. The third-order valence-corrected chi connectivity index (χ3v) is 5.63. The maximum atomic E-state index is 13.4. The molecule has 0 spiro atoms. The summed E-state index contributed by atoms with van der Waals surface area (Å²) >= 11 is 0. The molecule has 0 bridgehead atoms. The molecule has 1 N–H and O–H groups in total. The highest BCUT2D eigenvalue weighted by Gasteiger charge is 2.26. The Morgan fingerprint density at radius 2 is 1.38 bits per heavy atom. The molecule has 0 fully saturated rings. The SMILES string of the molecule is CCO[Si](C)(C)CCCNc1c(F)c(F)c(F)c(F)c1F. The van der Waals surface area contributed by atoms with Crippen LogP contribution in [0.5, 0.6) is 0 Å². The van der Waals surface area contributed by atoms with E-state index in [1.54, 1.807) is 0 Å². The van der Waals surface area contributed by atoms with Crippen molar-refractivity contribution >= 4 is 14.0 Å². The second-order valence-electron chi connectivity index (χ2n) is 5.17. The summed E-state index contributed by atoms with van der Waals surface area (Å²) in [5.74, 6) is -9.72. The number of anilines is 1. The van der Waals surface area contributed by atoms with E-state index in [4.69, 9.17) is 4.43 Å². The number of halogens is 5. The quantitative estimate of drug-likeness (QED) is 0.263. The van der Waals surface area contributed by atoms with Crippen LogP contribution in [0.25, 0.3) is 0 Å². The molecule has 0 unspecified atom stereocenters. The molecule has 0 saturated carbocycles. The number of benzene rings is 1. The summed E-state index contributed by atoms with van der Waals surface area (Å²) in [6.45, 7) is 6.55. The Morgan fingerprint density at radius 1 is 0.905 bits per heavy atom. The van der Waals surface area contributed by atoms with E-state index in [1.807, 2.05) is 20.0 Å². The Bertz CT molecular complexity index is 481. The normalized spacial score (nSPS) is 11.8. The molecule has 1 rings (SSSR count). The van der Waals surface area contributed by atoms with Crippen molar-refractivity contribution in [1.82, 2.24) is 0 Å². The second kappa shape index (κ2) is 7.21. The van der Waals surface area contributed by atoms with E-state index in [2.05, 4.69) is 5.32 Å². The molecule has 0 saturated heterocycles. The monoisotopic (exact) mass is 327 g/mol. The largest absolute Gasteiger partial charge is 0.418 e. The van der Waals surface area contributed by atoms with Crippen molar-refractivity contribution in [3.05, 3.63) is 29.1 Å². The van der Waals surface area contributed by atoms with E-state index in [0.29, 0.717) is 19.1 Å². The number of rotatable bonds is 7.